The first kappa shape index (κ1) is 14.5. The van der Waals surface area contributed by atoms with Gasteiger partial charge in [-0.15, -0.1) is 10.2 Å². The molecular weight excluding hydrogens is 326 g/mol. The number of hydrogen-bond donors (Lipinski definition) is 0. The van der Waals surface area contributed by atoms with Crippen LogP contribution in [-0.4, -0.2) is 14.6 Å². The minimum atomic E-state index is 0.760. The van der Waals surface area contributed by atoms with Crippen molar-refractivity contribution in [3.05, 3.63) is 70.7 Å². The van der Waals surface area contributed by atoms with Gasteiger partial charge in [0.1, 0.15) is 0 Å². The molecule has 0 atom stereocenters. The summed E-state index contributed by atoms with van der Waals surface area (Å²) in [5.74, 6) is 0.809. The van der Waals surface area contributed by atoms with Crippen molar-refractivity contribution in [1.82, 2.24) is 14.6 Å². The Bertz CT molecular complexity index is 1010. The van der Waals surface area contributed by atoms with Crippen LogP contribution in [0.25, 0.3) is 16.6 Å². The van der Waals surface area contributed by atoms with Gasteiger partial charge in [-0.3, -0.25) is 4.40 Å². The number of nitrogens with zero attached hydrogens (tertiary/aromatic N) is 3. The number of aromatic nitrogens is 3. The lowest BCUT2D eigenvalue weighted by Crippen LogP contribution is -1.93. The number of hydrogen-bond acceptors (Lipinski definition) is 3. The minimum Gasteiger partial charge on any atom is -0.270 e. The molecule has 4 rings (SSSR count). The van der Waals surface area contributed by atoms with Gasteiger partial charge < -0.3 is 0 Å². The molecule has 0 spiro atoms. The molecule has 0 fully saturated rings. The van der Waals surface area contributed by atoms with E-state index in [2.05, 4.69) is 51.9 Å². The van der Waals surface area contributed by atoms with Gasteiger partial charge in [-0.1, -0.05) is 53.7 Å². The summed E-state index contributed by atoms with van der Waals surface area (Å²) < 4.78 is 2.12. The van der Waals surface area contributed by atoms with E-state index < -0.39 is 0 Å². The Hall–Kier alpha value is -2.04. The zero-order chi connectivity index (χ0) is 15.8. The van der Waals surface area contributed by atoms with Gasteiger partial charge in [0, 0.05) is 16.2 Å². The van der Waals surface area contributed by atoms with Crippen LogP contribution in [0.15, 0.2) is 59.8 Å². The third kappa shape index (κ3) is 2.69. The second kappa shape index (κ2) is 5.87. The number of thioether (sulfide) groups is 1. The van der Waals surface area contributed by atoms with E-state index in [4.69, 9.17) is 11.6 Å². The standard InChI is InChI=1S/C18H14ClN3S/c1-12-9-17-20-21-18(22(17)16-8-3-2-7-15(12)16)23-11-13-5-4-6-14(19)10-13/h2-10H,11H2,1H3. The lowest BCUT2D eigenvalue weighted by molar-refractivity contribution is 0.939. The smallest absolute Gasteiger partial charge is 0.196 e. The summed E-state index contributed by atoms with van der Waals surface area (Å²) in [5, 5.41) is 11.6. The summed E-state index contributed by atoms with van der Waals surface area (Å²) >= 11 is 7.72. The summed E-state index contributed by atoms with van der Waals surface area (Å²) in [4.78, 5) is 0. The molecule has 0 aliphatic heterocycles. The van der Waals surface area contributed by atoms with E-state index in [0.29, 0.717) is 0 Å². The Morgan fingerprint density at radius 1 is 1.04 bits per heavy atom. The fourth-order valence-corrected chi connectivity index (χ4v) is 3.85. The number of benzene rings is 2. The van der Waals surface area contributed by atoms with Crippen LogP contribution in [0.5, 0.6) is 0 Å². The number of para-hydroxylation sites is 1. The molecule has 0 saturated heterocycles. The van der Waals surface area contributed by atoms with Gasteiger partial charge in [0.2, 0.25) is 0 Å². The Balaban J connectivity index is 1.77. The van der Waals surface area contributed by atoms with E-state index in [1.54, 1.807) is 11.8 Å². The Labute approximate surface area is 143 Å². The van der Waals surface area contributed by atoms with Crippen LogP contribution in [0.1, 0.15) is 11.1 Å². The molecule has 0 unspecified atom stereocenters. The highest BCUT2D eigenvalue weighted by Gasteiger charge is 2.11. The number of halogens is 1. The van der Waals surface area contributed by atoms with Crippen molar-refractivity contribution in [2.45, 2.75) is 17.8 Å². The summed E-state index contributed by atoms with van der Waals surface area (Å²) in [6, 6.07) is 18.4. The third-order valence-corrected chi connectivity index (χ3v) is 5.07. The molecule has 0 radical (unpaired) electrons. The third-order valence-electron chi connectivity index (χ3n) is 3.83. The van der Waals surface area contributed by atoms with Crippen LogP contribution in [0.4, 0.5) is 0 Å². The lowest BCUT2D eigenvalue weighted by atomic mass is 10.1. The van der Waals surface area contributed by atoms with Crippen LogP contribution < -0.4 is 0 Å². The molecule has 0 saturated carbocycles. The Kier molecular flexibility index (Phi) is 3.71. The normalized spacial score (nSPS) is 11.4. The van der Waals surface area contributed by atoms with E-state index in [1.807, 2.05) is 24.3 Å². The van der Waals surface area contributed by atoms with Crippen LogP contribution in [0.3, 0.4) is 0 Å². The maximum absolute atomic E-state index is 6.05. The quantitative estimate of drug-likeness (QED) is 0.484. The van der Waals surface area contributed by atoms with Crippen LogP contribution >= 0.6 is 23.4 Å². The molecule has 0 aliphatic carbocycles. The maximum Gasteiger partial charge on any atom is 0.196 e. The summed E-state index contributed by atoms with van der Waals surface area (Å²) in [6.07, 6.45) is 0. The molecule has 4 aromatic rings. The zero-order valence-corrected chi connectivity index (χ0v) is 14.1. The van der Waals surface area contributed by atoms with Crippen molar-refractivity contribution >= 4 is 39.9 Å². The Morgan fingerprint density at radius 2 is 1.91 bits per heavy atom. The van der Waals surface area contributed by atoms with Crippen molar-refractivity contribution in [3.8, 4) is 0 Å². The molecule has 0 amide bonds. The first-order valence-electron chi connectivity index (χ1n) is 7.33. The average Bonchev–Trinajstić information content (AvgIpc) is 2.96. The summed E-state index contributed by atoms with van der Waals surface area (Å²) in [6.45, 7) is 2.11. The van der Waals surface area contributed by atoms with Gasteiger partial charge in [-0.2, -0.15) is 0 Å². The topological polar surface area (TPSA) is 30.2 Å². The predicted octanol–water partition coefficient (Wildman–Crippen LogP) is 5.14. The largest absolute Gasteiger partial charge is 0.270 e. The molecule has 3 nitrogen and oxygen atoms in total. The van der Waals surface area contributed by atoms with Crippen LogP contribution in [0, 0.1) is 6.92 Å². The fourth-order valence-electron chi connectivity index (χ4n) is 2.74. The van der Waals surface area contributed by atoms with Gasteiger partial charge in [0.05, 0.1) is 5.52 Å². The number of pyridine rings is 1. The highest BCUT2D eigenvalue weighted by atomic mass is 35.5. The first-order chi connectivity index (χ1) is 11.2. The highest BCUT2D eigenvalue weighted by molar-refractivity contribution is 7.98. The van der Waals surface area contributed by atoms with E-state index >= 15 is 0 Å². The predicted molar refractivity (Wildman–Crippen MR) is 96.2 cm³/mol. The SMILES string of the molecule is Cc1cc2nnc(SCc3cccc(Cl)c3)n2c2ccccc12. The number of fused-ring (bicyclic) bond motifs is 3. The lowest BCUT2D eigenvalue weighted by Gasteiger charge is -2.07. The van der Waals surface area contributed by atoms with Crippen molar-refractivity contribution in [3.63, 3.8) is 0 Å². The van der Waals surface area contributed by atoms with E-state index in [-0.39, 0.29) is 0 Å². The van der Waals surface area contributed by atoms with Crippen molar-refractivity contribution < 1.29 is 0 Å². The van der Waals surface area contributed by atoms with E-state index in [9.17, 15) is 0 Å². The van der Waals surface area contributed by atoms with Gasteiger partial charge in [0.25, 0.3) is 0 Å². The van der Waals surface area contributed by atoms with Gasteiger partial charge in [0.15, 0.2) is 10.8 Å². The van der Waals surface area contributed by atoms with Crippen LogP contribution in [-0.2, 0) is 5.75 Å². The second-order valence-electron chi connectivity index (χ2n) is 5.44. The summed E-state index contributed by atoms with van der Waals surface area (Å²) in [5.41, 5.74) is 4.42. The monoisotopic (exact) mass is 339 g/mol. The molecule has 5 heteroatoms. The average molecular weight is 340 g/mol. The van der Waals surface area contributed by atoms with Gasteiger partial charge >= 0.3 is 0 Å². The highest BCUT2D eigenvalue weighted by Crippen LogP contribution is 2.28. The number of aryl methyl sites for hydroxylation is 1. The fraction of sp³-hybridized carbons (Fsp3) is 0.111. The molecule has 0 N–H and O–H groups in total. The second-order valence-corrected chi connectivity index (χ2v) is 6.82. The minimum absolute atomic E-state index is 0.760. The van der Waals surface area contributed by atoms with Crippen LogP contribution in [0.2, 0.25) is 5.02 Å². The molecule has 2 aromatic heterocycles. The molecule has 0 aliphatic rings. The first-order valence-corrected chi connectivity index (χ1v) is 8.69. The number of rotatable bonds is 3. The zero-order valence-electron chi connectivity index (χ0n) is 12.5. The van der Waals surface area contributed by atoms with Crippen molar-refractivity contribution in [2.24, 2.45) is 0 Å². The van der Waals surface area contributed by atoms with Crippen molar-refractivity contribution in [2.75, 3.05) is 0 Å². The molecule has 0 bridgehead atoms. The van der Waals surface area contributed by atoms with Crippen molar-refractivity contribution in [1.29, 1.82) is 0 Å². The van der Waals surface area contributed by atoms with E-state index in [0.717, 1.165) is 27.1 Å². The molecule has 2 heterocycles. The molecular formula is C18H14ClN3S. The molecule has 2 aromatic carbocycles. The maximum atomic E-state index is 6.05. The Morgan fingerprint density at radius 3 is 2.78 bits per heavy atom. The van der Waals surface area contributed by atoms with Gasteiger partial charge in [-0.05, 0) is 42.3 Å². The molecule has 114 valence electrons. The van der Waals surface area contributed by atoms with E-state index in [1.165, 1.54) is 16.5 Å². The van der Waals surface area contributed by atoms with Gasteiger partial charge in [-0.25, -0.2) is 0 Å². The molecule has 23 heavy (non-hydrogen) atoms. The summed E-state index contributed by atoms with van der Waals surface area (Å²) in [7, 11) is 0.